The highest BCUT2D eigenvalue weighted by atomic mass is 79.9. The average molecular weight is 668 g/mol. The largest absolute Gasteiger partial charge is 0.493 e. The summed E-state index contributed by atoms with van der Waals surface area (Å²) in [6.45, 7) is 6.02. The molecule has 0 saturated carbocycles. The zero-order valence-corrected chi connectivity index (χ0v) is 26.6. The third-order valence-corrected chi connectivity index (χ3v) is 8.55. The van der Waals surface area contributed by atoms with Crippen molar-refractivity contribution in [3.63, 3.8) is 0 Å². The maximum atomic E-state index is 13.9. The maximum Gasteiger partial charge on any atom is 0.338 e. The third-order valence-electron chi connectivity index (χ3n) is 6.76. The molecule has 42 heavy (non-hydrogen) atoms. The molecule has 0 bridgehead atoms. The van der Waals surface area contributed by atoms with Crippen LogP contribution in [0.15, 0.2) is 86.2 Å². The molecular formula is C32H28BrClN2O5S. The molecule has 216 valence electrons. The fourth-order valence-electron chi connectivity index (χ4n) is 4.71. The minimum Gasteiger partial charge on any atom is -0.493 e. The fourth-order valence-corrected chi connectivity index (χ4v) is 6.29. The van der Waals surface area contributed by atoms with Gasteiger partial charge in [0.25, 0.3) is 5.56 Å². The Labute approximate surface area is 260 Å². The Balaban J connectivity index is 1.56. The van der Waals surface area contributed by atoms with E-state index in [1.807, 2.05) is 55.5 Å². The summed E-state index contributed by atoms with van der Waals surface area (Å²) < 4.78 is 19.9. The number of aromatic nitrogens is 1. The number of aryl methyl sites for hydroxylation is 1. The first-order valence-corrected chi connectivity index (χ1v) is 15.2. The van der Waals surface area contributed by atoms with Gasteiger partial charge in [-0.2, -0.15) is 0 Å². The van der Waals surface area contributed by atoms with Gasteiger partial charge in [0.05, 0.1) is 40.6 Å². The van der Waals surface area contributed by atoms with Gasteiger partial charge in [0.1, 0.15) is 6.61 Å². The summed E-state index contributed by atoms with van der Waals surface area (Å²) in [5.74, 6) is 0.361. The second-order valence-electron chi connectivity index (χ2n) is 9.66. The summed E-state index contributed by atoms with van der Waals surface area (Å²) >= 11 is 11.3. The van der Waals surface area contributed by atoms with E-state index in [0.29, 0.717) is 49.3 Å². The molecule has 0 amide bonds. The number of hydrogen-bond donors (Lipinski definition) is 0. The van der Waals surface area contributed by atoms with E-state index in [1.165, 1.54) is 18.4 Å². The number of fused-ring (bicyclic) bond motifs is 1. The maximum absolute atomic E-state index is 13.9. The Kier molecular flexibility index (Phi) is 9.01. The van der Waals surface area contributed by atoms with Gasteiger partial charge in [0.15, 0.2) is 16.3 Å². The number of hydrogen-bond acceptors (Lipinski definition) is 7. The second-order valence-corrected chi connectivity index (χ2v) is 12.0. The van der Waals surface area contributed by atoms with Gasteiger partial charge in [0, 0.05) is 4.47 Å². The molecule has 1 aliphatic rings. The number of nitrogens with zero attached hydrogens (tertiary/aromatic N) is 2. The van der Waals surface area contributed by atoms with Crippen LogP contribution >= 0.6 is 38.9 Å². The number of methoxy groups -OCH3 is 1. The van der Waals surface area contributed by atoms with E-state index in [1.54, 1.807) is 36.6 Å². The molecule has 0 unspecified atom stereocenters. The lowest BCUT2D eigenvalue weighted by atomic mass is 9.95. The smallest absolute Gasteiger partial charge is 0.338 e. The van der Waals surface area contributed by atoms with Gasteiger partial charge in [-0.1, -0.05) is 80.8 Å². The summed E-state index contributed by atoms with van der Waals surface area (Å²) in [5, 5.41) is 0.350. The van der Waals surface area contributed by atoms with Crippen molar-refractivity contribution in [2.24, 2.45) is 4.99 Å². The van der Waals surface area contributed by atoms with Crippen molar-refractivity contribution in [2.45, 2.75) is 33.4 Å². The monoisotopic (exact) mass is 666 g/mol. The predicted molar refractivity (Wildman–Crippen MR) is 168 cm³/mol. The van der Waals surface area contributed by atoms with Crippen molar-refractivity contribution < 1.29 is 19.0 Å². The van der Waals surface area contributed by atoms with Gasteiger partial charge in [-0.3, -0.25) is 9.36 Å². The first kappa shape index (κ1) is 29.8. The minimum atomic E-state index is -0.671. The molecule has 5 rings (SSSR count). The Bertz CT molecular complexity index is 1860. The van der Waals surface area contributed by atoms with Gasteiger partial charge in [-0.05, 0) is 67.8 Å². The summed E-state index contributed by atoms with van der Waals surface area (Å²) in [6.07, 6.45) is 1.74. The van der Waals surface area contributed by atoms with Crippen molar-refractivity contribution >= 4 is 50.9 Å². The number of rotatable bonds is 8. The average Bonchev–Trinajstić information content (AvgIpc) is 3.26. The highest BCUT2D eigenvalue weighted by Crippen LogP contribution is 2.37. The van der Waals surface area contributed by atoms with Crippen LogP contribution in [0.5, 0.6) is 11.5 Å². The molecule has 0 radical (unpaired) electrons. The highest BCUT2D eigenvalue weighted by molar-refractivity contribution is 9.10. The summed E-state index contributed by atoms with van der Waals surface area (Å²) in [7, 11) is 1.54. The number of ether oxygens (including phenoxy) is 3. The van der Waals surface area contributed by atoms with E-state index in [-0.39, 0.29) is 12.2 Å². The van der Waals surface area contributed by atoms with Crippen molar-refractivity contribution in [1.29, 1.82) is 0 Å². The molecule has 1 aliphatic heterocycles. The molecule has 0 saturated heterocycles. The fraction of sp³-hybridized carbons (Fsp3) is 0.219. The van der Waals surface area contributed by atoms with Gasteiger partial charge in [0.2, 0.25) is 0 Å². The Hall–Kier alpha value is -3.66. The lowest BCUT2D eigenvalue weighted by molar-refractivity contribution is -0.139. The van der Waals surface area contributed by atoms with Gasteiger partial charge in [-0.25, -0.2) is 9.79 Å². The van der Waals surface area contributed by atoms with Crippen LogP contribution in [0.3, 0.4) is 0 Å². The summed E-state index contributed by atoms with van der Waals surface area (Å²) in [4.78, 5) is 32.1. The normalized spacial score (nSPS) is 14.8. The molecule has 0 N–H and O–H groups in total. The molecular weight excluding hydrogens is 640 g/mol. The molecule has 1 atom stereocenters. The molecule has 7 nitrogen and oxygen atoms in total. The van der Waals surface area contributed by atoms with E-state index >= 15 is 0 Å². The van der Waals surface area contributed by atoms with E-state index in [0.717, 1.165) is 21.2 Å². The number of carbonyl (C=O) groups excluding carboxylic acids is 1. The molecule has 2 heterocycles. The standard InChI is InChI=1S/C32H28BrClN2O5S/c1-5-40-31(38)27-19(3)35-32-36(28(27)22-10-6-18(2)7-11-22)30(37)26(42-32)16-21-14-24(34)29(25(15-21)39-4)41-17-20-8-12-23(33)13-9-20/h6-16,28H,5,17H2,1-4H3/b26-16+/t28-/m0/s1. The number of halogens is 2. The van der Waals surface area contributed by atoms with Gasteiger partial charge >= 0.3 is 5.97 Å². The number of carbonyl (C=O) groups is 1. The van der Waals surface area contributed by atoms with E-state index < -0.39 is 12.0 Å². The molecule has 0 aliphatic carbocycles. The third kappa shape index (κ3) is 6.09. The zero-order chi connectivity index (χ0) is 30.0. The second kappa shape index (κ2) is 12.7. The molecule has 3 aromatic carbocycles. The molecule has 0 fully saturated rings. The molecule has 1 aromatic heterocycles. The van der Waals surface area contributed by atoms with Crippen LogP contribution in [0.1, 0.15) is 42.1 Å². The summed E-state index contributed by atoms with van der Waals surface area (Å²) in [6, 6.07) is 18.4. The van der Waals surface area contributed by atoms with Crippen molar-refractivity contribution in [1.82, 2.24) is 4.57 Å². The Morgan fingerprint density at radius 1 is 1.12 bits per heavy atom. The Morgan fingerprint density at radius 3 is 2.50 bits per heavy atom. The van der Waals surface area contributed by atoms with E-state index in [9.17, 15) is 9.59 Å². The predicted octanol–water partition coefficient (Wildman–Crippen LogP) is 6.11. The topological polar surface area (TPSA) is 79.1 Å². The number of allylic oxidation sites excluding steroid dienone is 1. The zero-order valence-electron chi connectivity index (χ0n) is 23.4. The van der Waals surface area contributed by atoms with Crippen LogP contribution < -0.4 is 24.4 Å². The molecule has 0 spiro atoms. The van der Waals surface area contributed by atoms with Crippen LogP contribution in [-0.2, 0) is 16.1 Å². The lowest BCUT2D eigenvalue weighted by Crippen LogP contribution is -2.39. The van der Waals surface area contributed by atoms with Crippen molar-refractivity contribution in [3.05, 3.63) is 123 Å². The van der Waals surface area contributed by atoms with E-state index in [4.69, 9.17) is 25.8 Å². The van der Waals surface area contributed by atoms with Crippen LogP contribution in [0.2, 0.25) is 5.02 Å². The first-order chi connectivity index (χ1) is 20.2. The molecule has 10 heteroatoms. The van der Waals surface area contributed by atoms with E-state index in [2.05, 4.69) is 20.9 Å². The lowest BCUT2D eigenvalue weighted by Gasteiger charge is -2.24. The van der Waals surface area contributed by atoms with Crippen molar-refractivity contribution in [2.75, 3.05) is 13.7 Å². The summed E-state index contributed by atoms with van der Waals surface area (Å²) in [5.41, 5.74) is 4.08. The van der Waals surface area contributed by atoms with Crippen LogP contribution in [0.25, 0.3) is 6.08 Å². The van der Waals surface area contributed by atoms with Crippen molar-refractivity contribution in [3.8, 4) is 11.5 Å². The Morgan fingerprint density at radius 2 is 1.83 bits per heavy atom. The quantitative estimate of drug-likeness (QED) is 0.212. The van der Waals surface area contributed by atoms with Gasteiger partial charge in [-0.15, -0.1) is 0 Å². The van der Waals surface area contributed by atoms with Crippen LogP contribution in [0, 0.1) is 6.92 Å². The number of benzene rings is 3. The minimum absolute atomic E-state index is 0.214. The van der Waals surface area contributed by atoms with Crippen LogP contribution in [0.4, 0.5) is 0 Å². The van der Waals surface area contributed by atoms with Crippen LogP contribution in [-0.4, -0.2) is 24.3 Å². The SMILES string of the molecule is CCOC(=O)C1=C(C)N=c2s/c(=C/c3cc(Cl)c(OCc4ccc(Br)cc4)c(OC)c3)c(=O)n2[C@H]1c1ccc(C)cc1. The number of thiazole rings is 1. The van der Waals surface area contributed by atoms with Gasteiger partial charge < -0.3 is 14.2 Å². The number of esters is 1. The molecule has 4 aromatic rings. The first-order valence-electron chi connectivity index (χ1n) is 13.2. The highest BCUT2D eigenvalue weighted by Gasteiger charge is 2.33.